The highest BCUT2D eigenvalue weighted by molar-refractivity contribution is 7.91. The molecule has 2 aliphatic rings. The first kappa shape index (κ1) is 18.5. The zero-order valence-electron chi connectivity index (χ0n) is 14.9. The normalized spacial score (nSPS) is 22.3. The van der Waals surface area contributed by atoms with Gasteiger partial charge in [-0.3, -0.25) is 0 Å². The lowest BCUT2D eigenvalue weighted by Gasteiger charge is -2.24. The fourth-order valence-corrected chi connectivity index (χ4v) is 5.89. The van der Waals surface area contributed by atoms with Crippen molar-refractivity contribution in [3.8, 4) is 11.1 Å². The summed E-state index contributed by atoms with van der Waals surface area (Å²) >= 11 is 0. The van der Waals surface area contributed by atoms with Crippen LogP contribution in [0.1, 0.15) is 23.5 Å². The Morgan fingerprint density at radius 1 is 1.07 bits per heavy atom. The molecular weight excluding hydrogens is 382 g/mol. The number of ether oxygens (including phenoxy) is 1. The van der Waals surface area contributed by atoms with Gasteiger partial charge in [-0.15, -0.1) is 0 Å². The Balaban J connectivity index is 1.51. The van der Waals surface area contributed by atoms with E-state index in [0.717, 1.165) is 22.3 Å². The van der Waals surface area contributed by atoms with Crippen LogP contribution in [0.2, 0.25) is 0 Å². The Bertz CT molecular complexity index is 1020. The van der Waals surface area contributed by atoms with E-state index in [2.05, 4.69) is 5.32 Å². The first-order valence-electron chi connectivity index (χ1n) is 8.88. The third-order valence-corrected chi connectivity index (χ3v) is 7.16. The Kier molecular flexibility index (Phi) is 4.38. The van der Waals surface area contributed by atoms with Gasteiger partial charge in [-0.1, -0.05) is 48.5 Å². The molecule has 7 nitrogen and oxygen atoms in total. The van der Waals surface area contributed by atoms with Gasteiger partial charge < -0.3 is 15.2 Å². The van der Waals surface area contributed by atoms with E-state index in [4.69, 9.17) is 4.74 Å². The molecule has 0 radical (unpaired) electrons. The molecule has 146 valence electrons. The number of nitrogens with one attached hydrogen (secondary N) is 1. The van der Waals surface area contributed by atoms with E-state index >= 15 is 0 Å². The zero-order valence-corrected chi connectivity index (χ0v) is 15.7. The predicted molar refractivity (Wildman–Crippen MR) is 102 cm³/mol. The summed E-state index contributed by atoms with van der Waals surface area (Å²) in [6, 6.07) is 15.7. The molecule has 1 heterocycles. The SMILES string of the molecule is O=C(N[C@@]1(C(=O)O)CCS(=O)(=O)C1)OCC1c2ccccc2-c2ccccc21. The fraction of sp³-hybridized carbons (Fsp3) is 0.300. The van der Waals surface area contributed by atoms with Gasteiger partial charge in [0.2, 0.25) is 0 Å². The summed E-state index contributed by atoms with van der Waals surface area (Å²) in [7, 11) is -3.51. The number of hydrogen-bond acceptors (Lipinski definition) is 5. The van der Waals surface area contributed by atoms with Gasteiger partial charge in [-0.2, -0.15) is 0 Å². The van der Waals surface area contributed by atoms with Crippen molar-refractivity contribution in [1.29, 1.82) is 0 Å². The van der Waals surface area contributed by atoms with Gasteiger partial charge in [-0.05, 0) is 28.7 Å². The number of carboxylic acid groups (broad SMARTS) is 1. The third-order valence-electron chi connectivity index (χ3n) is 5.40. The number of hydrogen-bond donors (Lipinski definition) is 2. The maximum absolute atomic E-state index is 12.3. The first-order chi connectivity index (χ1) is 13.3. The molecule has 2 aromatic carbocycles. The van der Waals surface area contributed by atoms with Crippen molar-refractivity contribution in [2.24, 2.45) is 0 Å². The molecule has 4 rings (SSSR count). The number of benzene rings is 2. The van der Waals surface area contributed by atoms with E-state index in [0.29, 0.717) is 0 Å². The highest BCUT2D eigenvalue weighted by Gasteiger charge is 2.50. The first-order valence-corrected chi connectivity index (χ1v) is 10.7. The minimum atomic E-state index is -3.51. The van der Waals surface area contributed by atoms with Gasteiger partial charge in [0.25, 0.3) is 0 Å². The molecule has 0 unspecified atom stereocenters. The van der Waals surface area contributed by atoms with E-state index in [1.165, 1.54) is 0 Å². The molecule has 2 N–H and O–H groups in total. The molecular formula is C20H19NO6S. The van der Waals surface area contributed by atoms with Crippen molar-refractivity contribution in [2.45, 2.75) is 17.9 Å². The topological polar surface area (TPSA) is 110 Å². The van der Waals surface area contributed by atoms with Crippen molar-refractivity contribution in [3.63, 3.8) is 0 Å². The molecule has 0 bridgehead atoms. The van der Waals surface area contributed by atoms with Gasteiger partial charge in [0.05, 0.1) is 11.5 Å². The van der Waals surface area contributed by atoms with Crippen LogP contribution in [0, 0.1) is 0 Å². The predicted octanol–water partition coefficient (Wildman–Crippen LogP) is 2.17. The second kappa shape index (κ2) is 6.63. The third kappa shape index (κ3) is 3.13. The summed E-state index contributed by atoms with van der Waals surface area (Å²) in [5, 5.41) is 11.7. The Morgan fingerprint density at radius 2 is 1.64 bits per heavy atom. The quantitative estimate of drug-likeness (QED) is 0.813. The number of sulfone groups is 1. The lowest BCUT2D eigenvalue weighted by Crippen LogP contribution is -2.55. The molecule has 1 fully saturated rings. The van der Waals surface area contributed by atoms with Crippen molar-refractivity contribution < 1.29 is 27.9 Å². The maximum atomic E-state index is 12.3. The molecule has 0 spiro atoms. The Labute approximate surface area is 162 Å². The molecule has 1 aliphatic heterocycles. The van der Waals surface area contributed by atoms with Crippen LogP contribution < -0.4 is 5.32 Å². The molecule has 0 saturated carbocycles. The van der Waals surface area contributed by atoms with Crippen LogP contribution in [0.25, 0.3) is 11.1 Å². The van der Waals surface area contributed by atoms with Crippen LogP contribution >= 0.6 is 0 Å². The highest BCUT2D eigenvalue weighted by Crippen LogP contribution is 2.44. The molecule has 8 heteroatoms. The van der Waals surface area contributed by atoms with E-state index in [1.54, 1.807) is 0 Å². The number of carbonyl (C=O) groups excluding carboxylic acids is 1. The minimum absolute atomic E-state index is 0.0301. The monoisotopic (exact) mass is 401 g/mol. The average molecular weight is 401 g/mol. The number of alkyl carbamates (subject to hydrolysis) is 1. The van der Waals surface area contributed by atoms with Crippen LogP contribution in [0.15, 0.2) is 48.5 Å². The molecule has 2 aromatic rings. The summed E-state index contributed by atoms with van der Waals surface area (Å²) in [6.45, 7) is 0.0301. The van der Waals surface area contributed by atoms with Crippen molar-refractivity contribution >= 4 is 21.9 Å². The lowest BCUT2D eigenvalue weighted by molar-refractivity contribution is -0.143. The minimum Gasteiger partial charge on any atom is -0.479 e. The largest absolute Gasteiger partial charge is 0.479 e. The molecule has 1 saturated heterocycles. The summed E-state index contributed by atoms with van der Waals surface area (Å²) < 4.78 is 28.8. The molecule has 1 amide bonds. The average Bonchev–Trinajstić information content (AvgIpc) is 3.15. The van der Waals surface area contributed by atoms with Gasteiger partial charge in [0.15, 0.2) is 15.4 Å². The Morgan fingerprint density at radius 3 is 2.14 bits per heavy atom. The molecule has 1 aliphatic carbocycles. The van der Waals surface area contributed by atoms with Gasteiger partial charge in [0, 0.05) is 5.92 Å². The van der Waals surface area contributed by atoms with Crippen LogP contribution in [0.3, 0.4) is 0 Å². The summed E-state index contributed by atoms with van der Waals surface area (Å²) in [5.74, 6) is -2.43. The molecule has 0 aromatic heterocycles. The number of aliphatic carboxylic acids is 1. The van der Waals surface area contributed by atoms with Gasteiger partial charge in [-0.25, -0.2) is 18.0 Å². The van der Waals surface area contributed by atoms with E-state index in [9.17, 15) is 23.1 Å². The highest BCUT2D eigenvalue weighted by atomic mass is 32.2. The Hall–Kier alpha value is -2.87. The number of fused-ring (bicyclic) bond motifs is 3. The molecule has 28 heavy (non-hydrogen) atoms. The van der Waals surface area contributed by atoms with Crippen molar-refractivity contribution in [3.05, 3.63) is 59.7 Å². The number of rotatable bonds is 4. The second-order valence-electron chi connectivity index (χ2n) is 7.18. The van der Waals surface area contributed by atoms with Crippen molar-refractivity contribution in [1.82, 2.24) is 5.32 Å². The van der Waals surface area contributed by atoms with Crippen LogP contribution in [-0.2, 0) is 19.4 Å². The number of carbonyl (C=O) groups is 2. The van der Waals surface area contributed by atoms with Crippen LogP contribution in [-0.4, -0.2) is 49.2 Å². The standard InChI is InChI=1S/C20H19NO6S/c22-18(23)20(9-10-28(25,26)12-20)21-19(24)27-11-17-15-7-3-1-5-13(15)14-6-2-4-8-16(14)17/h1-8,17H,9-12H2,(H,21,24)(H,22,23)/t20-/m0/s1. The zero-order chi connectivity index (χ0) is 19.9. The van der Waals surface area contributed by atoms with E-state index in [1.807, 2.05) is 48.5 Å². The fourth-order valence-electron chi connectivity index (χ4n) is 4.00. The van der Waals surface area contributed by atoms with Gasteiger partial charge in [0.1, 0.15) is 6.61 Å². The number of amides is 1. The van der Waals surface area contributed by atoms with Crippen molar-refractivity contribution in [2.75, 3.05) is 18.1 Å². The van der Waals surface area contributed by atoms with Gasteiger partial charge >= 0.3 is 12.1 Å². The van der Waals surface area contributed by atoms with E-state index < -0.39 is 33.2 Å². The second-order valence-corrected chi connectivity index (χ2v) is 9.36. The van der Waals surface area contributed by atoms with Crippen LogP contribution in [0.4, 0.5) is 4.79 Å². The summed E-state index contributed by atoms with van der Waals surface area (Å²) in [6.07, 6.45) is -1.10. The summed E-state index contributed by atoms with van der Waals surface area (Å²) in [4.78, 5) is 23.9. The smallest absolute Gasteiger partial charge is 0.408 e. The van der Waals surface area contributed by atoms with E-state index in [-0.39, 0.29) is 24.7 Å². The van der Waals surface area contributed by atoms with Crippen LogP contribution in [0.5, 0.6) is 0 Å². The lowest BCUT2D eigenvalue weighted by atomic mass is 9.98. The molecule has 1 atom stereocenters. The maximum Gasteiger partial charge on any atom is 0.408 e. The summed E-state index contributed by atoms with van der Waals surface area (Å²) in [5.41, 5.74) is 2.40. The number of carboxylic acids is 1.